The van der Waals surface area contributed by atoms with Gasteiger partial charge in [-0.15, -0.1) is 0 Å². The zero-order valence-electron chi connectivity index (χ0n) is 9.76. The van der Waals surface area contributed by atoms with Gasteiger partial charge in [-0.3, -0.25) is 4.79 Å². The molecule has 0 atom stereocenters. The second-order valence-corrected chi connectivity index (χ2v) is 5.11. The van der Waals surface area contributed by atoms with E-state index in [-0.39, 0.29) is 5.91 Å². The fraction of sp³-hybridized carbons (Fsp3) is 0. The molecule has 3 nitrogen and oxygen atoms in total. The first-order valence-electron chi connectivity index (χ1n) is 5.62. The van der Waals surface area contributed by atoms with Gasteiger partial charge < -0.3 is 5.32 Å². The Hall–Kier alpha value is -1.91. The Morgan fingerprint density at radius 3 is 2.74 bits per heavy atom. The number of anilines is 1. The summed E-state index contributed by atoms with van der Waals surface area (Å²) in [5.74, 6) is -0.182. The van der Waals surface area contributed by atoms with Crippen molar-refractivity contribution < 1.29 is 4.79 Å². The van der Waals surface area contributed by atoms with Crippen LogP contribution in [0.4, 0.5) is 5.69 Å². The molecular formula is C14H9ClN2OS. The summed E-state index contributed by atoms with van der Waals surface area (Å²) < 4.78 is 0. The molecule has 0 bridgehead atoms. The van der Waals surface area contributed by atoms with Crippen LogP contribution in [0.5, 0.6) is 0 Å². The zero-order chi connectivity index (χ0) is 13.2. The molecule has 1 aromatic carbocycles. The van der Waals surface area contributed by atoms with Crippen LogP contribution >= 0.6 is 22.9 Å². The van der Waals surface area contributed by atoms with E-state index in [1.807, 2.05) is 41.1 Å². The second kappa shape index (κ2) is 4.99. The van der Waals surface area contributed by atoms with Crippen molar-refractivity contribution in [1.82, 2.24) is 4.98 Å². The summed E-state index contributed by atoms with van der Waals surface area (Å²) >= 11 is 7.57. The molecule has 0 unspecified atom stereocenters. The van der Waals surface area contributed by atoms with Gasteiger partial charge in [0.2, 0.25) is 0 Å². The van der Waals surface area contributed by atoms with Crippen LogP contribution in [-0.2, 0) is 0 Å². The molecule has 5 heteroatoms. The van der Waals surface area contributed by atoms with Crippen LogP contribution in [0.25, 0.3) is 10.8 Å². The van der Waals surface area contributed by atoms with Gasteiger partial charge in [-0.2, -0.15) is 11.3 Å². The number of carbonyl (C=O) groups excluding carboxylic acids is 1. The summed E-state index contributed by atoms with van der Waals surface area (Å²) in [4.78, 5) is 16.3. The maximum atomic E-state index is 12.2. The highest BCUT2D eigenvalue weighted by Gasteiger charge is 2.12. The van der Waals surface area contributed by atoms with Crippen molar-refractivity contribution in [1.29, 1.82) is 0 Å². The smallest absolute Gasteiger partial charge is 0.257 e. The molecule has 0 radical (unpaired) electrons. The van der Waals surface area contributed by atoms with E-state index in [1.165, 1.54) is 17.5 Å². The molecule has 2 aromatic heterocycles. The van der Waals surface area contributed by atoms with Gasteiger partial charge in [0.1, 0.15) is 5.15 Å². The highest BCUT2D eigenvalue weighted by atomic mass is 35.5. The van der Waals surface area contributed by atoms with Crippen LogP contribution < -0.4 is 5.32 Å². The van der Waals surface area contributed by atoms with Gasteiger partial charge in [-0.05, 0) is 16.8 Å². The Kier molecular flexibility index (Phi) is 3.19. The largest absolute Gasteiger partial charge is 0.321 e. The maximum Gasteiger partial charge on any atom is 0.257 e. The zero-order valence-corrected chi connectivity index (χ0v) is 11.3. The lowest BCUT2D eigenvalue weighted by Gasteiger charge is -2.07. The number of hydrogen-bond donors (Lipinski definition) is 1. The van der Waals surface area contributed by atoms with Gasteiger partial charge in [0.05, 0.1) is 11.3 Å². The van der Waals surface area contributed by atoms with E-state index >= 15 is 0 Å². The molecule has 2 heterocycles. The normalized spacial score (nSPS) is 10.6. The third kappa shape index (κ3) is 2.32. The third-order valence-electron chi connectivity index (χ3n) is 2.77. The van der Waals surface area contributed by atoms with E-state index in [0.717, 1.165) is 16.5 Å². The van der Waals surface area contributed by atoms with E-state index < -0.39 is 0 Å². The summed E-state index contributed by atoms with van der Waals surface area (Å²) in [6.45, 7) is 0. The monoisotopic (exact) mass is 288 g/mol. The molecule has 19 heavy (non-hydrogen) atoms. The molecular weight excluding hydrogens is 280 g/mol. The lowest BCUT2D eigenvalue weighted by atomic mass is 10.1. The van der Waals surface area contributed by atoms with Crippen molar-refractivity contribution in [3.05, 3.63) is 58.0 Å². The van der Waals surface area contributed by atoms with Crippen LogP contribution in [0.2, 0.25) is 5.15 Å². The predicted molar refractivity (Wildman–Crippen MR) is 79.0 cm³/mol. The van der Waals surface area contributed by atoms with Crippen LogP contribution in [0.1, 0.15) is 10.4 Å². The molecule has 0 fully saturated rings. The summed E-state index contributed by atoms with van der Waals surface area (Å²) in [6.07, 6.45) is 1.51. The van der Waals surface area contributed by atoms with Crippen LogP contribution in [0.15, 0.2) is 47.3 Å². The van der Waals surface area contributed by atoms with Crippen LogP contribution in [0, 0.1) is 0 Å². The number of carbonyl (C=O) groups is 1. The van der Waals surface area contributed by atoms with Crippen LogP contribution in [-0.4, -0.2) is 10.9 Å². The van der Waals surface area contributed by atoms with E-state index in [1.54, 1.807) is 0 Å². The second-order valence-electron chi connectivity index (χ2n) is 3.97. The first kappa shape index (κ1) is 12.1. The third-order valence-corrected chi connectivity index (χ3v) is 3.75. The predicted octanol–water partition coefficient (Wildman–Crippen LogP) is 4.20. The molecule has 0 spiro atoms. The van der Waals surface area contributed by atoms with Crippen molar-refractivity contribution in [3.8, 4) is 0 Å². The van der Waals surface area contributed by atoms with E-state index in [2.05, 4.69) is 10.3 Å². The van der Waals surface area contributed by atoms with Gasteiger partial charge in [-0.25, -0.2) is 4.98 Å². The summed E-state index contributed by atoms with van der Waals surface area (Å²) in [5.41, 5.74) is 1.31. The summed E-state index contributed by atoms with van der Waals surface area (Å²) in [6, 6.07) is 9.32. The number of halogens is 1. The SMILES string of the molecule is O=C(Nc1ccsc1)c1cnc(Cl)c2ccccc12. The fourth-order valence-corrected chi connectivity index (χ4v) is 2.67. The average Bonchev–Trinajstić information content (AvgIpc) is 2.92. The number of rotatable bonds is 2. The molecule has 0 saturated heterocycles. The number of nitrogens with zero attached hydrogens (tertiary/aromatic N) is 1. The molecule has 0 saturated carbocycles. The van der Waals surface area contributed by atoms with Crippen molar-refractivity contribution >= 4 is 45.3 Å². The molecule has 0 aliphatic carbocycles. The maximum absolute atomic E-state index is 12.2. The Bertz CT molecular complexity index is 740. The van der Waals surface area contributed by atoms with Crippen molar-refractivity contribution in [3.63, 3.8) is 0 Å². The van der Waals surface area contributed by atoms with Crippen molar-refractivity contribution in [2.24, 2.45) is 0 Å². The number of aromatic nitrogens is 1. The topological polar surface area (TPSA) is 42.0 Å². The number of benzene rings is 1. The first-order chi connectivity index (χ1) is 9.25. The van der Waals surface area contributed by atoms with Gasteiger partial charge in [0.25, 0.3) is 5.91 Å². The Morgan fingerprint density at radius 2 is 2.00 bits per heavy atom. The number of amides is 1. The number of hydrogen-bond acceptors (Lipinski definition) is 3. The fourth-order valence-electron chi connectivity index (χ4n) is 1.87. The standard InChI is InChI=1S/C14H9ClN2OS/c15-13-11-4-2-1-3-10(11)12(7-16-13)14(18)17-9-5-6-19-8-9/h1-8H,(H,17,18). The number of pyridine rings is 1. The molecule has 94 valence electrons. The van der Waals surface area contributed by atoms with Crippen LogP contribution in [0.3, 0.4) is 0 Å². The Balaban J connectivity index is 2.05. The lowest BCUT2D eigenvalue weighted by Crippen LogP contribution is -2.12. The molecule has 0 aliphatic heterocycles. The van der Waals surface area contributed by atoms with Gasteiger partial charge in [0, 0.05) is 17.0 Å². The first-order valence-corrected chi connectivity index (χ1v) is 6.94. The highest BCUT2D eigenvalue weighted by Crippen LogP contribution is 2.25. The summed E-state index contributed by atoms with van der Waals surface area (Å²) in [7, 11) is 0. The quantitative estimate of drug-likeness (QED) is 0.718. The Morgan fingerprint density at radius 1 is 1.21 bits per heavy atom. The molecule has 0 aliphatic rings. The highest BCUT2D eigenvalue weighted by molar-refractivity contribution is 7.08. The summed E-state index contributed by atoms with van der Waals surface area (Å²) in [5, 5.41) is 8.61. The van der Waals surface area contributed by atoms with Crippen molar-refractivity contribution in [2.75, 3.05) is 5.32 Å². The number of fused-ring (bicyclic) bond motifs is 1. The molecule has 3 aromatic rings. The van der Waals surface area contributed by atoms with E-state index in [0.29, 0.717) is 10.7 Å². The Labute approximate surface area is 118 Å². The van der Waals surface area contributed by atoms with Crippen molar-refractivity contribution in [2.45, 2.75) is 0 Å². The molecule has 3 rings (SSSR count). The van der Waals surface area contributed by atoms with Gasteiger partial charge in [0.15, 0.2) is 0 Å². The minimum Gasteiger partial charge on any atom is -0.321 e. The molecule has 1 amide bonds. The molecule has 1 N–H and O–H groups in total. The number of nitrogens with one attached hydrogen (secondary N) is 1. The van der Waals surface area contributed by atoms with Gasteiger partial charge in [-0.1, -0.05) is 35.9 Å². The minimum atomic E-state index is -0.182. The average molecular weight is 289 g/mol. The lowest BCUT2D eigenvalue weighted by molar-refractivity contribution is 0.102. The minimum absolute atomic E-state index is 0.182. The number of thiophene rings is 1. The van der Waals surface area contributed by atoms with Gasteiger partial charge >= 0.3 is 0 Å². The van der Waals surface area contributed by atoms with E-state index in [4.69, 9.17) is 11.6 Å². The van der Waals surface area contributed by atoms with E-state index in [9.17, 15) is 4.79 Å².